The van der Waals surface area contributed by atoms with Crippen molar-refractivity contribution in [3.8, 4) is 11.5 Å². The van der Waals surface area contributed by atoms with E-state index in [1.54, 1.807) is 10.6 Å². The molecule has 0 spiro atoms. The highest BCUT2D eigenvalue weighted by molar-refractivity contribution is 7.89. The van der Waals surface area contributed by atoms with Crippen LogP contribution in [0.3, 0.4) is 0 Å². The molecule has 0 radical (unpaired) electrons. The van der Waals surface area contributed by atoms with Crippen molar-refractivity contribution in [1.82, 2.24) is 19.5 Å². The van der Waals surface area contributed by atoms with Gasteiger partial charge < -0.3 is 9.47 Å². The Balaban J connectivity index is 1.51. The summed E-state index contributed by atoms with van der Waals surface area (Å²) >= 11 is 0. The first-order chi connectivity index (χ1) is 12.0. The Morgan fingerprint density at radius 2 is 2.00 bits per heavy atom. The summed E-state index contributed by atoms with van der Waals surface area (Å²) in [5.41, 5.74) is -0.259. The topological polar surface area (TPSA) is 115 Å². The van der Waals surface area contributed by atoms with Crippen molar-refractivity contribution in [1.29, 1.82) is 0 Å². The number of aryl methyl sites for hydroxylation is 1. The SMILES string of the molecule is O=c1[nH]nc2n1CC[C@@H](NS(=O)(=O)c1ccc3c(c1)OCCO3)CC2. The van der Waals surface area contributed by atoms with Gasteiger partial charge in [-0.25, -0.2) is 23.0 Å². The number of aromatic amines is 1. The number of rotatable bonds is 3. The van der Waals surface area contributed by atoms with Gasteiger partial charge in [-0.1, -0.05) is 0 Å². The Bertz CT molecular complexity index is 949. The number of ether oxygens (including phenoxy) is 2. The molecule has 9 nitrogen and oxygen atoms in total. The molecule has 2 aromatic rings. The molecule has 4 rings (SSSR count). The van der Waals surface area contributed by atoms with Crippen molar-refractivity contribution in [2.75, 3.05) is 13.2 Å². The third-order valence-electron chi connectivity index (χ3n) is 4.40. The second kappa shape index (κ2) is 6.19. The summed E-state index contributed by atoms with van der Waals surface area (Å²) in [5.74, 6) is 1.64. The van der Waals surface area contributed by atoms with E-state index in [9.17, 15) is 13.2 Å². The Morgan fingerprint density at radius 3 is 2.84 bits per heavy atom. The number of hydrogen-bond acceptors (Lipinski definition) is 6. The predicted molar refractivity (Wildman–Crippen MR) is 87.3 cm³/mol. The number of sulfonamides is 1. The quantitative estimate of drug-likeness (QED) is 0.792. The van der Waals surface area contributed by atoms with Gasteiger partial charge in [-0.05, 0) is 25.0 Å². The second-order valence-electron chi connectivity index (χ2n) is 6.05. The fourth-order valence-corrected chi connectivity index (χ4v) is 4.42. The van der Waals surface area contributed by atoms with E-state index in [0.717, 1.165) is 0 Å². The van der Waals surface area contributed by atoms with Crippen LogP contribution < -0.4 is 19.9 Å². The van der Waals surface area contributed by atoms with Crippen LogP contribution in [0.5, 0.6) is 11.5 Å². The second-order valence-corrected chi connectivity index (χ2v) is 7.76. The van der Waals surface area contributed by atoms with E-state index in [0.29, 0.717) is 56.3 Å². The molecule has 1 aromatic carbocycles. The summed E-state index contributed by atoms with van der Waals surface area (Å²) in [6.07, 6.45) is 1.64. The number of benzene rings is 1. The minimum atomic E-state index is -3.69. The lowest BCUT2D eigenvalue weighted by Crippen LogP contribution is -2.35. The van der Waals surface area contributed by atoms with Crippen LogP contribution in [0, 0.1) is 0 Å². The zero-order valence-corrected chi connectivity index (χ0v) is 14.2. The van der Waals surface area contributed by atoms with Crippen LogP contribution >= 0.6 is 0 Å². The number of H-pyrrole nitrogens is 1. The number of fused-ring (bicyclic) bond motifs is 2. The van der Waals surface area contributed by atoms with Crippen LogP contribution in [-0.4, -0.2) is 42.4 Å². The summed E-state index contributed by atoms with van der Waals surface area (Å²) in [4.78, 5) is 11.8. The summed E-state index contributed by atoms with van der Waals surface area (Å²) in [6, 6.07) is 4.32. The molecule has 134 valence electrons. The number of nitrogens with zero attached hydrogens (tertiary/aromatic N) is 2. The Morgan fingerprint density at radius 1 is 1.20 bits per heavy atom. The molecule has 0 amide bonds. The zero-order valence-electron chi connectivity index (χ0n) is 13.4. The van der Waals surface area contributed by atoms with Crippen LogP contribution in [-0.2, 0) is 23.0 Å². The van der Waals surface area contributed by atoms with Crippen LogP contribution in [0.25, 0.3) is 0 Å². The Labute approximate surface area is 144 Å². The Kier molecular flexibility index (Phi) is 4.00. The standard InChI is InChI=1S/C15H18N4O5S/c20-15-17-16-14-4-1-10(5-6-19(14)15)18-25(21,22)11-2-3-12-13(9-11)24-8-7-23-12/h2-3,9-10,18H,1,4-8H2,(H,17,20)/t10-/m0/s1. The van der Waals surface area contributed by atoms with Crippen LogP contribution in [0.15, 0.2) is 27.9 Å². The van der Waals surface area contributed by atoms with Gasteiger partial charge in [-0.2, -0.15) is 5.10 Å². The maximum Gasteiger partial charge on any atom is 0.343 e. The minimum absolute atomic E-state index is 0.136. The molecular weight excluding hydrogens is 348 g/mol. The fraction of sp³-hybridized carbons (Fsp3) is 0.467. The van der Waals surface area contributed by atoms with Crippen molar-refractivity contribution >= 4 is 10.0 Å². The summed E-state index contributed by atoms with van der Waals surface area (Å²) in [6.45, 7) is 1.28. The van der Waals surface area contributed by atoms with E-state index >= 15 is 0 Å². The van der Waals surface area contributed by atoms with Crippen molar-refractivity contribution in [3.63, 3.8) is 0 Å². The average molecular weight is 366 g/mol. The van der Waals surface area contributed by atoms with Gasteiger partial charge in [0, 0.05) is 25.1 Å². The minimum Gasteiger partial charge on any atom is -0.486 e. The lowest BCUT2D eigenvalue weighted by molar-refractivity contribution is 0.171. The van der Waals surface area contributed by atoms with Gasteiger partial charge >= 0.3 is 5.69 Å². The van der Waals surface area contributed by atoms with E-state index < -0.39 is 10.0 Å². The van der Waals surface area contributed by atoms with E-state index in [2.05, 4.69) is 14.9 Å². The van der Waals surface area contributed by atoms with E-state index in [-0.39, 0.29) is 16.6 Å². The fourth-order valence-electron chi connectivity index (χ4n) is 3.10. The summed E-state index contributed by atoms with van der Waals surface area (Å²) in [7, 11) is -3.69. The molecule has 3 heterocycles. The molecule has 25 heavy (non-hydrogen) atoms. The van der Waals surface area contributed by atoms with Gasteiger partial charge in [0.15, 0.2) is 11.5 Å². The summed E-state index contributed by atoms with van der Waals surface area (Å²) < 4.78 is 40.5. The predicted octanol–water partition coefficient (Wildman–Crippen LogP) is 0.0260. The molecule has 0 saturated carbocycles. The van der Waals surface area contributed by atoms with E-state index in [1.165, 1.54) is 12.1 Å². The third kappa shape index (κ3) is 3.14. The lowest BCUT2D eigenvalue weighted by Gasteiger charge is -2.20. The van der Waals surface area contributed by atoms with Crippen LogP contribution in [0.1, 0.15) is 18.7 Å². The van der Waals surface area contributed by atoms with Gasteiger partial charge in [0.2, 0.25) is 10.0 Å². The molecule has 1 aromatic heterocycles. The Hall–Kier alpha value is -2.33. The highest BCUT2D eigenvalue weighted by atomic mass is 32.2. The van der Waals surface area contributed by atoms with Gasteiger partial charge in [0.05, 0.1) is 4.90 Å². The molecule has 0 saturated heterocycles. The van der Waals surface area contributed by atoms with Crippen LogP contribution in [0.2, 0.25) is 0 Å². The average Bonchev–Trinajstić information content (AvgIpc) is 2.84. The zero-order chi connectivity index (χ0) is 17.4. The van der Waals surface area contributed by atoms with Crippen molar-refractivity contribution in [2.24, 2.45) is 0 Å². The number of aromatic nitrogens is 3. The summed E-state index contributed by atoms with van der Waals surface area (Å²) in [5, 5.41) is 6.39. The van der Waals surface area contributed by atoms with E-state index in [1.807, 2.05) is 0 Å². The van der Waals surface area contributed by atoms with Gasteiger partial charge in [0.1, 0.15) is 19.0 Å². The first-order valence-corrected chi connectivity index (χ1v) is 9.57. The maximum atomic E-state index is 12.7. The smallest absolute Gasteiger partial charge is 0.343 e. The molecule has 1 atom stereocenters. The van der Waals surface area contributed by atoms with Crippen molar-refractivity contribution < 1.29 is 17.9 Å². The molecule has 2 aliphatic heterocycles. The highest BCUT2D eigenvalue weighted by Gasteiger charge is 2.25. The molecular formula is C15H18N4O5S. The molecule has 2 N–H and O–H groups in total. The molecule has 2 aliphatic rings. The maximum absolute atomic E-state index is 12.7. The van der Waals surface area contributed by atoms with E-state index in [4.69, 9.17) is 9.47 Å². The largest absolute Gasteiger partial charge is 0.486 e. The van der Waals surface area contributed by atoms with Gasteiger partial charge in [0.25, 0.3) is 0 Å². The molecule has 10 heteroatoms. The van der Waals surface area contributed by atoms with Crippen LogP contribution in [0.4, 0.5) is 0 Å². The lowest BCUT2D eigenvalue weighted by atomic mass is 10.1. The molecule has 0 bridgehead atoms. The first kappa shape index (κ1) is 16.2. The normalized spacial score (nSPS) is 19.9. The highest BCUT2D eigenvalue weighted by Crippen LogP contribution is 2.32. The van der Waals surface area contributed by atoms with Crippen molar-refractivity contribution in [3.05, 3.63) is 34.5 Å². The monoisotopic (exact) mass is 366 g/mol. The van der Waals surface area contributed by atoms with Crippen molar-refractivity contribution in [2.45, 2.75) is 36.7 Å². The molecule has 0 fully saturated rings. The number of nitrogens with one attached hydrogen (secondary N) is 2. The molecule has 0 unspecified atom stereocenters. The molecule has 0 aliphatic carbocycles. The number of hydrogen-bond donors (Lipinski definition) is 2. The van der Waals surface area contributed by atoms with Gasteiger partial charge in [-0.15, -0.1) is 0 Å². The van der Waals surface area contributed by atoms with Gasteiger partial charge in [-0.3, -0.25) is 4.57 Å². The third-order valence-corrected chi connectivity index (χ3v) is 5.92. The first-order valence-electron chi connectivity index (χ1n) is 8.09.